The van der Waals surface area contributed by atoms with Gasteiger partial charge in [0.25, 0.3) is 11.8 Å². The number of carbonyl (C=O) groups excluding carboxylic acids is 2. The van der Waals surface area contributed by atoms with Gasteiger partial charge in [-0.05, 0) is 66.6 Å². The molecule has 1 N–H and O–H groups in total. The largest absolute Gasteiger partial charge is 0.378 e. The number of nitrogens with zero attached hydrogens (tertiary/aromatic N) is 2. The monoisotopic (exact) mass is 449 g/mol. The van der Waals surface area contributed by atoms with Crippen LogP contribution in [0.15, 0.2) is 72.4 Å². The minimum Gasteiger partial charge on any atom is -0.378 e. The second-order valence-corrected chi connectivity index (χ2v) is 8.14. The maximum atomic E-state index is 13.5. The van der Waals surface area contributed by atoms with Gasteiger partial charge in [0.1, 0.15) is 11.5 Å². The molecule has 3 aromatic rings. The van der Waals surface area contributed by atoms with Crippen molar-refractivity contribution in [2.24, 2.45) is 0 Å². The molecule has 0 atom stereocenters. The molecule has 0 unspecified atom stereocenters. The van der Waals surface area contributed by atoms with Gasteiger partial charge >= 0.3 is 0 Å². The number of anilines is 3. The Balaban J connectivity index is 1.83. The highest BCUT2D eigenvalue weighted by atomic mass is 35.5. The third kappa shape index (κ3) is 3.97. The first-order valence-corrected chi connectivity index (χ1v) is 10.3. The smallest absolute Gasteiger partial charge is 0.282 e. The first-order chi connectivity index (χ1) is 15.3. The van der Waals surface area contributed by atoms with E-state index in [2.05, 4.69) is 5.32 Å². The van der Waals surface area contributed by atoms with Crippen LogP contribution >= 0.6 is 11.6 Å². The Labute approximate surface area is 190 Å². The van der Waals surface area contributed by atoms with Crippen LogP contribution in [0.25, 0.3) is 5.57 Å². The Bertz CT molecular complexity index is 1250. The number of imide groups is 1. The molecule has 162 valence electrons. The van der Waals surface area contributed by atoms with Crippen molar-refractivity contribution in [1.82, 2.24) is 0 Å². The minimum atomic E-state index is -0.486. The summed E-state index contributed by atoms with van der Waals surface area (Å²) in [6.07, 6.45) is 0. The first-order valence-electron chi connectivity index (χ1n) is 9.96. The molecule has 0 aromatic heterocycles. The van der Waals surface area contributed by atoms with Crippen LogP contribution in [-0.2, 0) is 9.59 Å². The van der Waals surface area contributed by atoms with Gasteiger partial charge in [0.05, 0.1) is 11.3 Å². The number of carbonyl (C=O) groups is 2. The lowest BCUT2D eigenvalue weighted by molar-refractivity contribution is -0.120. The summed E-state index contributed by atoms with van der Waals surface area (Å²) in [6.45, 7) is 1.85. The summed E-state index contributed by atoms with van der Waals surface area (Å²) in [6, 6.07) is 17.9. The van der Waals surface area contributed by atoms with Gasteiger partial charge in [0.2, 0.25) is 0 Å². The van der Waals surface area contributed by atoms with Gasteiger partial charge in [-0.25, -0.2) is 9.29 Å². The van der Waals surface area contributed by atoms with Crippen molar-refractivity contribution < 1.29 is 14.0 Å². The number of nitrogens with one attached hydrogen (secondary N) is 1. The van der Waals surface area contributed by atoms with Gasteiger partial charge < -0.3 is 10.2 Å². The number of benzene rings is 3. The summed E-state index contributed by atoms with van der Waals surface area (Å²) in [5.74, 6) is -1.39. The number of amides is 2. The van der Waals surface area contributed by atoms with Crippen LogP contribution in [0.4, 0.5) is 21.5 Å². The Morgan fingerprint density at radius 3 is 2.31 bits per heavy atom. The highest BCUT2D eigenvalue weighted by Gasteiger charge is 2.40. The van der Waals surface area contributed by atoms with Crippen LogP contribution in [0, 0.1) is 12.7 Å². The van der Waals surface area contributed by atoms with E-state index < -0.39 is 17.6 Å². The van der Waals surface area contributed by atoms with E-state index >= 15 is 0 Å². The fourth-order valence-electron chi connectivity index (χ4n) is 3.58. The Kier molecular flexibility index (Phi) is 5.72. The SMILES string of the molecule is Cc1cc(Cl)ccc1NC1=C(c2ccc(F)cc2)C(=O)N(c2cccc(N(C)C)c2)C1=O. The molecule has 0 spiro atoms. The molecule has 1 heterocycles. The predicted molar refractivity (Wildman–Crippen MR) is 126 cm³/mol. The minimum absolute atomic E-state index is 0.127. The van der Waals surface area contributed by atoms with E-state index in [0.29, 0.717) is 22.0 Å². The topological polar surface area (TPSA) is 52.7 Å². The van der Waals surface area contributed by atoms with E-state index in [1.165, 1.54) is 24.3 Å². The third-order valence-corrected chi connectivity index (χ3v) is 5.50. The molecule has 2 amide bonds. The molecule has 5 nitrogen and oxygen atoms in total. The Morgan fingerprint density at radius 2 is 1.66 bits per heavy atom. The first kappa shape index (κ1) is 21.6. The molecular weight excluding hydrogens is 429 g/mol. The number of rotatable bonds is 5. The van der Waals surface area contributed by atoms with Gasteiger partial charge in [-0.1, -0.05) is 29.8 Å². The summed E-state index contributed by atoms with van der Waals surface area (Å²) in [5, 5.41) is 3.69. The van der Waals surface area contributed by atoms with Gasteiger partial charge in [0, 0.05) is 30.5 Å². The molecule has 1 aliphatic heterocycles. The summed E-state index contributed by atoms with van der Waals surface area (Å²) >= 11 is 6.06. The van der Waals surface area contributed by atoms with Crippen molar-refractivity contribution in [1.29, 1.82) is 0 Å². The van der Waals surface area contributed by atoms with Crippen LogP contribution < -0.4 is 15.1 Å². The molecule has 32 heavy (non-hydrogen) atoms. The average Bonchev–Trinajstić information content (AvgIpc) is 3.00. The highest BCUT2D eigenvalue weighted by Crippen LogP contribution is 2.35. The van der Waals surface area contributed by atoms with Crippen LogP contribution in [-0.4, -0.2) is 25.9 Å². The van der Waals surface area contributed by atoms with Gasteiger partial charge in [-0.15, -0.1) is 0 Å². The second-order valence-electron chi connectivity index (χ2n) is 7.70. The highest BCUT2D eigenvalue weighted by molar-refractivity contribution is 6.46. The quantitative estimate of drug-likeness (QED) is 0.540. The maximum absolute atomic E-state index is 13.5. The maximum Gasteiger partial charge on any atom is 0.282 e. The Morgan fingerprint density at radius 1 is 0.938 bits per heavy atom. The molecule has 4 rings (SSSR count). The van der Waals surface area contributed by atoms with E-state index in [0.717, 1.165) is 16.2 Å². The molecule has 0 aliphatic carbocycles. The zero-order chi connectivity index (χ0) is 23.0. The second kappa shape index (κ2) is 8.48. The van der Waals surface area contributed by atoms with E-state index in [-0.39, 0.29) is 11.3 Å². The lowest BCUT2D eigenvalue weighted by Crippen LogP contribution is -2.32. The summed E-state index contributed by atoms with van der Waals surface area (Å²) in [7, 11) is 3.76. The van der Waals surface area contributed by atoms with Crippen molar-refractivity contribution in [3.63, 3.8) is 0 Å². The van der Waals surface area contributed by atoms with E-state index in [1.807, 2.05) is 32.0 Å². The third-order valence-electron chi connectivity index (χ3n) is 5.27. The lowest BCUT2D eigenvalue weighted by atomic mass is 10.0. The van der Waals surface area contributed by atoms with E-state index in [1.54, 1.807) is 36.4 Å². The molecule has 0 saturated heterocycles. The number of hydrogen-bond acceptors (Lipinski definition) is 4. The zero-order valence-electron chi connectivity index (χ0n) is 17.8. The summed E-state index contributed by atoms with van der Waals surface area (Å²) in [4.78, 5) is 30.0. The predicted octanol–water partition coefficient (Wildman–Crippen LogP) is 5.25. The van der Waals surface area contributed by atoms with Crippen molar-refractivity contribution in [2.75, 3.05) is 29.2 Å². The van der Waals surface area contributed by atoms with E-state index in [9.17, 15) is 14.0 Å². The van der Waals surface area contributed by atoms with Gasteiger partial charge in [0.15, 0.2) is 0 Å². The molecule has 7 heteroatoms. The molecule has 0 radical (unpaired) electrons. The van der Waals surface area contributed by atoms with E-state index in [4.69, 9.17) is 11.6 Å². The Hall–Kier alpha value is -3.64. The van der Waals surface area contributed by atoms with Crippen LogP contribution in [0.5, 0.6) is 0 Å². The van der Waals surface area contributed by atoms with Crippen molar-refractivity contribution in [3.05, 3.63) is 94.4 Å². The molecule has 3 aromatic carbocycles. The summed E-state index contributed by atoms with van der Waals surface area (Å²) < 4.78 is 13.5. The van der Waals surface area contributed by atoms with Crippen LogP contribution in [0.1, 0.15) is 11.1 Å². The summed E-state index contributed by atoms with van der Waals surface area (Å²) in [5.41, 5.74) is 3.52. The number of aryl methyl sites for hydroxylation is 1. The molecule has 1 aliphatic rings. The molecular formula is C25H21ClFN3O2. The average molecular weight is 450 g/mol. The molecule has 0 fully saturated rings. The fraction of sp³-hybridized carbons (Fsp3) is 0.120. The van der Waals surface area contributed by atoms with Crippen molar-refractivity contribution in [3.8, 4) is 0 Å². The molecule has 0 saturated carbocycles. The normalized spacial score (nSPS) is 13.7. The molecule has 0 bridgehead atoms. The standard InChI is InChI=1S/C25H21ClFN3O2/c1-15-13-17(26)9-12-21(15)28-23-22(16-7-10-18(27)11-8-16)24(31)30(25(23)32)20-6-4-5-19(14-20)29(2)3/h4-14,28H,1-3H3. The lowest BCUT2D eigenvalue weighted by Gasteiger charge is -2.19. The van der Waals surface area contributed by atoms with Crippen LogP contribution in [0.3, 0.4) is 0 Å². The zero-order valence-corrected chi connectivity index (χ0v) is 18.6. The van der Waals surface area contributed by atoms with Gasteiger partial charge in [-0.2, -0.15) is 0 Å². The van der Waals surface area contributed by atoms with Gasteiger partial charge in [-0.3, -0.25) is 9.59 Å². The van der Waals surface area contributed by atoms with Crippen LogP contribution in [0.2, 0.25) is 5.02 Å². The number of halogens is 2. The fourth-order valence-corrected chi connectivity index (χ4v) is 3.80. The number of hydrogen-bond donors (Lipinski definition) is 1. The van der Waals surface area contributed by atoms with Crippen molar-refractivity contribution in [2.45, 2.75) is 6.92 Å². The van der Waals surface area contributed by atoms with Crippen molar-refractivity contribution >= 4 is 46.1 Å².